The van der Waals surface area contributed by atoms with Crippen LogP contribution < -0.4 is 10.9 Å². The molecule has 0 saturated carbocycles. The Balaban J connectivity index is 2.20. The van der Waals surface area contributed by atoms with Gasteiger partial charge in [-0.05, 0) is 26.0 Å². The number of amides is 1. The van der Waals surface area contributed by atoms with Crippen molar-refractivity contribution in [2.24, 2.45) is 0 Å². The SMILES string of the molecule is CC1CN(C(=O)c2ccc[nH]c2=O)CC(C)N1. The predicted molar refractivity (Wildman–Crippen MR) is 65.0 cm³/mol. The number of hydrogen-bond acceptors (Lipinski definition) is 3. The van der Waals surface area contributed by atoms with E-state index in [4.69, 9.17) is 0 Å². The summed E-state index contributed by atoms with van der Waals surface area (Å²) in [6.07, 6.45) is 1.53. The zero-order chi connectivity index (χ0) is 12.4. The summed E-state index contributed by atoms with van der Waals surface area (Å²) in [7, 11) is 0. The molecule has 2 atom stereocenters. The number of piperazine rings is 1. The van der Waals surface area contributed by atoms with E-state index < -0.39 is 0 Å². The Hall–Kier alpha value is -1.62. The lowest BCUT2D eigenvalue weighted by atomic mass is 10.1. The van der Waals surface area contributed by atoms with Crippen LogP contribution in [0.1, 0.15) is 24.2 Å². The Kier molecular flexibility index (Phi) is 3.28. The quantitative estimate of drug-likeness (QED) is 0.730. The summed E-state index contributed by atoms with van der Waals surface area (Å²) in [6.45, 7) is 5.34. The van der Waals surface area contributed by atoms with Gasteiger partial charge in [0.05, 0.1) is 0 Å². The molecule has 1 saturated heterocycles. The van der Waals surface area contributed by atoms with Gasteiger partial charge in [-0.3, -0.25) is 9.59 Å². The molecule has 0 bridgehead atoms. The van der Waals surface area contributed by atoms with Crippen molar-refractivity contribution in [3.63, 3.8) is 0 Å². The average Bonchev–Trinajstić information content (AvgIpc) is 2.27. The smallest absolute Gasteiger partial charge is 0.260 e. The lowest BCUT2D eigenvalue weighted by Crippen LogP contribution is -2.56. The number of carbonyl (C=O) groups excluding carboxylic acids is 1. The Morgan fingerprint density at radius 2 is 2.00 bits per heavy atom. The van der Waals surface area contributed by atoms with Gasteiger partial charge in [-0.15, -0.1) is 0 Å². The van der Waals surface area contributed by atoms with Crippen LogP contribution in [-0.4, -0.2) is 41.0 Å². The highest BCUT2D eigenvalue weighted by molar-refractivity contribution is 5.93. The monoisotopic (exact) mass is 235 g/mol. The number of H-pyrrole nitrogens is 1. The van der Waals surface area contributed by atoms with Crippen LogP contribution in [0.5, 0.6) is 0 Å². The number of aromatic nitrogens is 1. The van der Waals surface area contributed by atoms with E-state index in [1.807, 2.05) is 13.8 Å². The molecule has 17 heavy (non-hydrogen) atoms. The Labute approximate surface area is 99.8 Å². The van der Waals surface area contributed by atoms with Crippen LogP contribution in [0.4, 0.5) is 0 Å². The van der Waals surface area contributed by atoms with Crippen molar-refractivity contribution < 1.29 is 4.79 Å². The van der Waals surface area contributed by atoms with Gasteiger partial charge in [0.2, 0.25) is 0 Å². The first kappa shape index (κ1) is 11.9. The molecule has 92 valence electrons. The first-order chi connectivity index (χ1) is 8.08. The minimum Gasteiger partial charge on any atom is -0.335 e. The normalized spacial score (nSPS) is 24.7. The van der Waals surface area contributed by atoms with E-state index in [-0.39, 0.29) is 29.1 Å². The van der Waals surface area contributed by atoms with Crippen molar-refractivity contribution in [1.82, 2.24) is 15.2 Å². The van der Waals surface area contributed by atoms with Gasteiger partial charge in [0.15, 0.2) is 0 Å². The van der Waals surface area contributed by atoms with E-state index in [1.54, 1.807) is 17.0 Å². The van der Waals surface area contributed by atoms with Crippen LogP contribution in [0.25, 0.3) is 0 Å². The maximum atomic E-state index is 12.2. The number of aromatic amines is 1. The second kappa shape index (κ2) is 4.71. The second-order valence-electron chi connectivity index (χ2n) is 4.59. The van der Waals surface area contributed by atoms with Crippen LogP contribution in [0.15, 0.2) is 23.1 Å². The molecule has 1 aliphatic rings. The molecule has 1 aromatic heterocycles. The molecule has 0 spiro atoms. The van der Waals surface area contributed by atoms with Gasteiger partial charge in [-0.1, -0.05) is 0 Å². The molecule has 5 heteroatoms. The summed E-state index contributed by atoms with van der Waals surface area (Å²) in [4.78, 5) is 28.0. The van der Waals surface area contributed by atoms with Crippen molar-refractivity contribution in [3.05, 3.63) is 34.2 Å². The van der Waals surface area contributed by atoms with Gasteiger partial charge >= 0.3 is 0 Å². The highest BCUT2D eigenvalue weighted by Gasteiger charge is 2.26. The van der Waals surface area contributed by atoms with Crippen LogP contribution in [0, 0.1) is 0 Å². The maximum absolute atomic E-state index is 12.2. The van der Waals surface area contributed by atoms with Crippen molar-refractivity contribution in [1.29, 1.82) is 0 Å². The standard InChI is InChI=1S/C12H17N3O2/c1-8-6-15(7-9(2)14-8)12(17)10-4-3-5-13-11(10)16/h3-5,8-9,14H,6-7H2,1-2H3,(H,13,16). The molecule has 2 unspecified atom stereocenters. The summed E-state index contributed by atoms with van der Waals surface area (Å²) < 4.78 is 0. The lowest BCUT2D eigenvalue weighted by molar-refractivity contribution is 0.0672. The summed E-state index contributed by atoms with van der Waals surface area (Å²) >= 11 is 0. The molecule has 2 N–H and O–H groups in total. The molecular formula is C12H17N3O2. The van der Waals surface area contributed by atoms with Crippen LogP contribution >= 0.6 is 0 Å². The average molecular weight is 235 g/mol. The summed E-state index contributed by atoms with van der Waals surface area (Å²) in [5.41, 5.74) is -0.106. The highest BCUT2D eigenvalue weighted by Crippen LogP contribution is 2.07. The lowest BCUT2D eigenvalue weighted by Gasteiger charge is -2.36. The molecule has 1 fully saturated rings. The third-order valence-corrected chi connectivity index (χ3v) is 2.89. The zero-order valence-electron chi connectivity index (χ0n) is 10.1. The van der Waals surface area contributed by atoms with E-state index >= 15 is 0 Å². The first-order valence-electron chi connectivity index (χ1n) is 5.81. The number of nitrogens with zero attached hydrogens (tertiary/aromatic N) is 1. The Morgan fingerprint density at radius 3 is 2.59 bits per heavy atom. The summed E-state index contributed by atoms with van der Waals surface area (Å²) in [6, 6.07) is 3.75. The Morgan fingerprint density at radius 1 is 1.35 bits per heavy atom. The number of carbonyl (C=O) groups is 1. The van der Waals surface area contributed by atoms with E-state index in [0.29, 0.717) is 13.1 Å². The predicted octanol–water partition coefficient (Wildman–Crippen LogP) is 0.197. The number of nitrogens with one attached hydrogen (secondary N) is 2. The Bertz CT molecular complexity index is 459. The van der Waals surface area contributed by atoms with Crippen LogP contribution in [0.2, 0.25) is 0 Å². The number of pyridine rings is 1. The molecule has 1 amide bonds. The third kappa shape index (κ3) is 2.55. The van der Waals surface area contributed by atoms with Crippen LogP contribution in [0.3, 0.4) is 0 Å². The molecule has 1 aliphatic heterocycles. The number of rotatable bonds is 1. The largest absolute Gasteiger partial charge is 0.335 e. The molecule has 5 nitrogen and oxygen atoms in total. The van der Waals surface area contributed by atoms with Crippen molar-refractivity contribution in [3.8, 4) is 0 Å². The summed E-state index contributed by atoms with van der Waals surface area (Å²) in [5.74, 6) is -0.188. The topological polar surface area (TPSA) is 65.2 Å². The fourth-order valence-corrected chi connectivity index (χ4v) is 2.25. The minimum atomic E-state index is -0.323. The number of hydrogen-bond donors (Lipinski definition) is 2. The molecule has 1 aromatic rings. The van der Waals surface area contributed by atoms with Gasteiger partial charge < -0.3 is 15.2 Å². The third-order valence-electron chi connectivity index (χ3n) is 2.89. The molecule has 2 heterocycles. The van der Waals surface area contributed by atoms with Gasteiger partial charge in [0.1, 0.15) is 5.56 Å². The minimum absolute atomic E-state index is 0.188. The molecular weight excluding hydrogens is 218 g/mol. The van der Waals surface area contributed by atoms with Gasteiger partial charge in [0, 0.05) is 31.4 Å². The fraction of sp³-hybridized carbons (Fsp3) is 0.500. The zero-order valence-corrected chi connectivity index (χ0v) is 10.1. The van der Waals surface area contributed by atoms with E-state index in [9.17, 15) is 9.59 Å². The van der Waals surface area contributed by atoms with Crippen molar-refractivity contribution >= 4 is 5.91 Å². The van der Waals surface area contributed by atoms with Crippen molar-refractivity contribution in [2.45, 2.75) is 25.9 Å². The van der Waals surface area contributed by atoms with E-state index in [0.717, 1.165) is 0 Å². The van der Waals surface area contributed by atoms with E-state index in [1.165, 1.54) is 6.20 Å². The molecule has 0 aromatic carbocycles. The first-order valence-corrected chi connectivity index (χ1v) is 5.81. The molecule has 0 radical (unpaired) electrons. The van der Waals surface area contributed by atoms with Gasteiger partial charge in [-0.25, -0.2) is 0 Å². The van der Waals surface area contributed by atoms with Crippen molar-refractivity contribution in [2.75, 3.05) is 13.1 Å². The van der Waals surface area contributed by atoms with Crippen LogP contribution in [-0.2, 0) is 0 Å². The van der Waals surface area contributed by atoms with Gasteiger partial charge in [-0.2, -0.15) is 0 Å². The highest BCUT2D eigenvalue weighted by atomic mass is 16.2. The maximum Gasteiger partial charge on any atom is 0.260 e. The second-order valence-corrected chi connectivity index (χ2v) is 4.59. The molecule has 0 aliphatic carbocycles. The molecule has 2 rings (SSSR count). The van der Waals surface area contributed by atoms with Gasteiger partial charge in [0.25, 0.3) is 11.5 Å². The van der Waals surface area contributed by atoms with E-state index in [2.05, 4.69) is 10.3 Å². The summed E-state index contributed by atoms with van der Waals surface area (Å²) in [5, 5.41) is 3.35. The fourth-order valence-electron chi connectivity index (χ4n) is 2.25.